The fraction of sp³-hybridized carbons (Fsp3) is 0.933. The van der Waals surface area contributed by atoms with Gasteiger partial charge in [-0.2, -0.15) is 8.42 Å². The van der Waals surface area contributed by atoms with Gasteiger partial charge in [-0.1, -0.05) is 174 Å². The summed E-state index contributed by atoms with van der Waals surface area (Å²) in [6.45, 7) is 3.99. The van der Waals surface area contributed by atoms with Crippen LogP contribution in [0.4, 0.5) is 0 Å². The molecule has 58 heavy (non-hydrogen) atoms. The van der Waals surface area contributed by atoms with Gasteiger partial charge in [0.1, 0.15) is 30.5 Å². The van der Waals surface area contributed by atoms with Crippen LogP contribution in [0.15, 0.2) is 12.2 Å². The molecule has 0 spiro atoms. The van der Waals surface area contributed by atoms with E-state index in [9.17, 15) is 28.5 Å². The number of carbonyl (C=O) groups excluding carboxylic acids is 1. The fourth-order valence-electron chi connectivity index (χ4n) is 7.32. The molecule has 1 heterocycles. The van der Waals surface area contributed by atoms with E-state index in [2.05, 4.69) is 30.2 Å². The second-order valence-electron chi connectivity index (χ2n) is 16.4. The molecule has 0 aliphatic carbocycles. The zero-order valence-electron chi connectivity index (χ0n) is 36.6. The van der Waals surface area contributed by atoms with Crippen molar-refractivity contribution in [3.8, 4) is 0 Å². The molecule has 0 saturated carbocycles. The summed E-state index contributed by atoms with van der Waals surface area (Å²) in [5.41, 5.74) is 0. The molecule has 1 aliphatic heterocycles. The summed E-state index contributed by atoms with van der Waals surface area (Å²) < 4.78 is 59.1. The summed E-state index contributed by atoms with van der Waals surface area (Å²) in [5.74, 6) is -0.405. The minimum atomic E-state index is -5.06. The summed E-state index contributed by atoms with van der Waals surface area (Å²) >= 11 is 0. The summed E-state index contributed by atoms with van der Waals surface area (Å²) in [6, 6.07) is 0. The van der Waals surface area contributed by atoms with Crippen LogP contribution in [0.5, 0.6) is 0 Å². The Balaban J connectivity index is 2.39. The summed E-state index contributed by atoms with van der Waals surface area (Å²) in [5, 5.41) is 30.7. The van der Waals surface area contributed by atoms with Gasteiger partial charge >= 0.3 is 16.4 Å². The highest BCUT2D eigenvalue weighted by Gasteiger charge is 2.48. The zero-order valence-corrected chi connectivity index (χ0v) is 37.4. The monoisotopic (exact) mass is 851 g/mol. The molecule has 0 amide bonds. The van der Waals surface area contributed by atoms with Crippen molar-refractivity contribution in [1.29, 1.82) is 0 Å². The quantitative estimate of drug-likeness (QED) is 0.0198. The van der Waals surface area contributed by atoms with E-state index < -0.39 is 59.8 Å². The van der Waals surface area contributed by atoms with E-state index in [0.29, 0.717) is 13.0 Å². The number of unbranched alkanes of at least 4 members (excludes halogenated alkanes) is 26. The third-order valence-corrected chi connectivity index (χ3v) is 11.4. The predicted molar refractivity (Wildman–Crippen MR) is 230 cm³/mol. The van der Waals surface area contributed by atoms with Crippen LogP contribution in [0.25, 0.3) is 0 Å². The van der Waals surface area contributed by atoms with Crippen molar-refractivity contribution in [2.45, 2.75) is 243 Å². The smallest absolute Gasteiger partial charge is 0.397 e. The number of hydrogen-bond acceptors (Lipinski definition) is 11. The average Bonchev–Trinajstić information content (AvgIpc) is 3.19. The first-order chi connectivity index (χ1) is 28.1. The molecule has 0 radical (unpaired) electrons. The minimum Gasteiger partial charge on any atom is -0.457 e. The van der Waals surface area contributed by atoms with Gasteiger partial charge in [-0.15, -0.1) is 0 Å². The molecule has 1 fully saturated rings. The van der Waals surface area contributed by atoms with Crippen LogP contribution in [0, 0.1) is 0 Å². The first kappa shape index (κ1) is 54.9. The van der Waals surface area contributed by atoms with Crippen molar-refractivity contribution in [2.24, 2.45) is 0 Å². The van der Waals surface area contributed by atoms with E-state index in [0.717, 1.165) is 57.8 Å². The van der Waals surface area contributed by atoms with E-state index >= 15 is 0 Å². The van der Waals surface area contributed by atoms with Crippen molar-refractivity contribution in [3.63, 3.8) is 0 Å². The van der Waals surface area contributed by atoms with Crippen LogP contribution in [0.3, 0.4) is 0 Å². The normalized spacial score (nSPS) is 20.6. The fourth-order valence-corrected chi connectivity index (χ4v) is 7.82. The van der Waals surface area contributed by atoms with Gasteiger partial charge in [0.15, 0.2) is 6.29 Å². The van der Waals surface area contributed by atoms with Crippen LogP contribution >= 0.6 is 0 Å². The lowest BCUT2D eigenvalue weighted by Gasteiger charge is -2.41. The number of aliphatic hydroxyl groups is 3. The van der Waals surface area contributed by atoms with Crippen molar-refractivity contribution < 1.29 is 56.2 Å². The Hall–Kier alpha value is -1.16. The molecule has 0 bridgehead atoms. The molecule has 4 N–H and O–H groups in total. The number of esters is 1. The van der Waals surface area contributed by atoms with Crippen molar-refractivity contribution in [2.75, 3.05) is 26.4 Å². The summed E-state index contributed by atoms with van der Waals surface area (Å²) in [4.78, 5) is 12.8. The lowest BCUT2D eigenvalue weighted by Crippen LogP contribution is -2.60. The Morgan fingerprint density at radius 2 is 1.09 bits per heavy atom. The molecule has 0 aromatic rings. The number of ether oxygens (including phenoxy) is 4. The molecule has 0 aromatic carbocycles. The molecular weight excluding hydrogens is 765 g/mol. The summed E-state index contributed by atoms with van der Waals surface area (Å²) in [6.07, 6.45) is 31.0. The van der Waals surface area contributed by atoms with Crippen LogP contribution in [-0.4, -0.2) is 97.5 Å². The summed E-state index contributed by atoms with van der Waals surface area (Å²) in [7, 11) is -5.06. The lowest BCUT2D eigenvalue weighted by atomic mass is 9.99. The Morgan fingerprint density at radius 1 is 0.638 bits per heavy atom. The highest BCUT2D eigenvalue weighted by Crippen LogP contribution is 2.26. The highest BCUT2D eigenvalue weighted by molar-refractivity contribution is 7.80. The Bertz CT molecular complexity index is 1070. The SMILES string of the molecule is CCCCCC/C=C\CCCCCCCC(=O)OC(COCCCCCCCCCCCCCCCCCCCC)COC1OC(CO)C(O)C(OS(=O)(=O)O)C1O. The molecule has 6 atom stereocenters. The number of carbonyl (C=O) groups is 1. The standard InChI is InChI=1S/C45H86O12S/c1-3-5-7-9-11-13-15-17-18-19-20-21-23-25-27-29-31-33-35-53-37-39(38-54-45-43(49)44(57-58(50,51)52)42(48)40(36-46)56-45)55-41(47)34-32-30-28-26-24-22-16-14-12-10-8-6-4-2/h14,16,39-40,42-46,48-49H,3-13,15,17-38H2,1-2H3,(H,50,51,52)/b16-14-. The van der Waals surface area contributed by atoms with Crippen molar-refractivity contribution in [3.05, 3.63) is 12.2 Å². The van der Waals surface area contributed by atoms with E-state index in [1.54, 1.807) is 0 Å². The topological polar surface area (TPSA) is 178 Å². The molecule has 344 valence electrons. The molecule has 6 unspecified atom stereocenters. The lowest BCUT2D eigenvalue weighted by molar-refractivity contribution is -0.301. The second-order valence-corrected chi connectivity index (χ2v) is 17.4. The number of aliphatic hydroxyl groups excluding tert-OH is 3. The van der Waals surface area contributed by atoms with Crippen LogP contribution in [0.2, 0.25) is 0 Å². The first-order valence-electron chi connectivity index (χ1n) is 23.4. The second kappa shape index (κ2) is 37.6. The van der Waals surface area contributed by atoms with Crippen LogP contribution < -0.4 is 0 Å². The van der Waals surface area contributed by atoms with Crippen LogP contribution in [-0.2, 0) is 38.3 Å². The van der Waals surface area contributed by atoms with E-state index in [1.165, 1.54) is 122 Å². The maximum atomic E-state index is 12.8. The van der Waals surface area contributed by atoms with Gasteiger partial charge < -0.3 is 34.3 Å². The number of allylic oxidation sites excluding steroid dienone is 2. The third kappa shape index (κ3) is 30.8. The molecule has 0 aromatic heterocycles. The minimum absolute atomic E-state index is 0.0383. The van der Waals surface area contributed by atoms with Gasteiger partial charge in [-0.3, -0.25) is 9.35 Å². The maximum absolute atomic E-state index is 12.8. The molecular formula is C45H86O12S. The molecule has 1 aliphatic rings. The van der Waals surface area contributed by atoms with Crippen LogP contribution in [0.1, 0.15) is 206 Å². The Labute approximate surface area is 353 Å². The van der Waals surface area contributed by atoms with E-state index in [4.69, 9.17) is 23.5 Å². The molecule has 12 nitrogen and oxygen atoms in total. The van der Waals surface area contributed by atoms with Gasteiger partial charge in [-0.05, 0) is 38.5 Å². The van der Waals surface area contributed by atoms with Gasteiger partial charge in [0.2, 0.25) is 0 Å². The third-order valence-electron chi connectivity index (χ3n) is 10.9. The van der Waals surface area contributed by atoms with Crippen molar-refractivity contribution >= 4 is 16.4 Å². The predicted octanol–water partition coefficient (Wildman–Crippen LogP) is 9.86. The van der Waals surface area contributed by atoms with Gasteiger partial charge in [0.25, 0.3) is 0 Å². The van der Waals surface area contributed by atoms with Gasteiger partial charge in [0, 0.05) is 13.0 Å². The van der Waals surface area contributed by atoms with Gasteiger partial charge in [0.05, 0.1) is 19.8 Å². The number of hydrogen-bond donors (Lipinski definition) is 4. The van der Waals surface area contributed by atoms with E-state index in [1.807, 2.05) is 0 Å². The Kier molecular flexibility index (Phi) is 35.6. The van der Waals surface area contributed by atoms with E-state index in [-0.39, 0.29) is 19.6 Å². The molecule has 1 saturated heterocycles. The number of rotatable bonds is 41. The van der Waals surface area contributed by atoms with Gasteiger partial charge in [-0.25, -0.2) is 4.18 Å². The average molecular weight is 851 g/mol. The maximum Gasteiger partial charge on any atom is 0.397 e. The van der Waals surface area contributed by atoms with Crippen molar-refractivity contribution in [1.82, 2.24) is 0 Å². The largest absolute Gasteiger partial charge is 0.457 e. The highest BCUT2D eigenvalue weighted by atomic mass is 32.3. The zero-order chi connectivity index (χ0) is 42.5. The first-order valence-corrected chi connectivity index (χ1v) is 24.8. The molecule has 1 rings (SSSR count). The molecule has 13 heteroatoms. The Morgan fingerprint density at radius 3 is 1.57 bits per heavy atom.